The molecule has 2 atom stereocenters. The summed E-state index contributed by atoms with van der Waals surface area (Å²) in [6.07, 6.45) is 3.37. The summed E-state index contributed by atoms with van der Waals surface area (Å²) in [7, 11) is 0. The van der Waals surface area contributed by atoms with Gasteiger partial charge in [-0.3, -0.25) is 0 Å². The quantitative estimate of drug-likeness (QED) is 0.146. The molecule has 0 aliphatic rings. The molecule has 0 aliphatic heterocycles. The molecular formula is C36H40Cl2O3. The predicted octanol–water partition coefficient (Wildman–Crippen LogP) is 10.9. The van der Waals surface area contributed by atoms with Gasteiger partial charge in [-0.2, -0.15) is 0 Å². The fraction of sp³-hybridized carbons (Fsp3) is 0.333. The van der Waals surface area contributed by atoms with Gasteiger partial charge in [0.05, 0.1) is 21.2 Å². The zero-order valence-corrected chi connectivity index (χ0v) is 26.0. The van der Waals surface area contributed by atoms with Crippen molar-refractivity contribution in [1.29, 1.82) is 0 Å². The van der Waals surface area contributed by atoms with Crippen LogP contribution >= 0.6 is 23.2 Å². The second-order valence-electron chi connectivity index (χ2n) is 10.8. The molecule has 0 aromatic heterocycles. The summed E-state index contributed by atoms with van der Waals surface area (Å²) in [5.41, 5.74) is 2.61. The van der Waals surface area contributed by atoms with Gasteiger partial charge in [0.2, 0.25) is 0 Å². The van der Waals surface area contributed by atoms with Gasteiger partial charge in [-0.25, -0.2) is 0 Å². The lowest BCUT2D eigenvalue weighted by atomic mass is 9.85. The Hall–Kier alpha value is -2.98. The third kappa shape index (κ3) is 7.65. The molecule has 3 nitrogen and oxygen atoms in total. The van der Waals surface area contributed by atoms with Crippen LogP contribution in [0.4, 0.5) is 0 Å². The molecule has 216 valence electrons. The van der Waals surface area contributed by atoms with Crippen LogP contribution in [0, 0.1) is 0 Å². The highest BCUT2D eigenvalue weighted by Crippen LogP contribution is 2.49. The van der Waals surface area contributed by atoms with Crippen molar-refractivity contribution in [1.82, 2.24) is 0 Å². The van der Waals surface area contributed by atoms with E-state index in [1.165, 1.54) is 0 Å². The summed E-state index contributed by atoms with van der Waals surface area (Å²) in [6.45, 7) is 9.44. The van der Waals surface area contributed by atoms with Gasteiger partial charge in [0.25, 0.3) is 0 Å². The lowest BCUT2D eigenvalue weighted by molar-refractivity contribution is -0.161. The van der Waals surface area contributed by atoms with Crippen molar-refractivity contribution in [3.63, 3.8) is 0 Å². The molecule has 0 aliphatic carbocycles. The van der Waals surface area contributed by atoms with E-state index >= 15 is 0 Å². The molecule has 0 fully saturated rings. The average molecular weight is 592 g/mol. The number of para-hydroxylation sites is 2. The Kier molecular flexibility index (Phi) is 10.8. The zero-order chi connectivity index (χ0) is 29.3. The van der Waals surface area contributed by atoms with Gasteiger partial charge in [0.1, 0.15) is 24.7 Å². The molecule has 0 saturated carbocycles. The molecule has 5 heteroatoms. The van der Waals surface area contributed by atoms with Crippen LogP contribution in [0.1, 0.15) is 75.6 Å². The normalized spacial score (nSPS) is 14.2. The first kappa shape index (κ1) is 31.0. The van der Waals surface area contributed by atoms with Gasteiger partial charge >= 0.3 is 0 Å². The van der Waals surface area contributed by atoms with Crippen LogP contribution in [0.2, 0.25) is 10.0 Å². The number of hydrogen-bond donors (Lipinski definition) is 0. The van der Waals surface area contributed by atoms with E-state index in [-0.39, 0.29) is 0 Å². The number of hydrogen-bond acceptors (Lipinski definition) is 3. The molecule has 4 aromatic rings. The lowest BCUT2D eigenvalue weighted by Crippen LogP contribution is -2.38. The van der Waals surface area contributed by atoms with Crippen molar-refractivity contribution in [2.24, 2.45) is 0 Å². The Morgan fingerprint density at radius 3 is 1.29 bits per heavy atom. The molecule has 0 amide bonds. The highest BCUT2D eigenvalue weighted by molar-refractivity contribution is 6.32. The van der Waals surface area contributed by atoms with Crippen molar-refractivity contribution in [2.45, 2.75) is 77.8 Å². The second-order valence-corrected chi connectivity index (χ2v) is 11.7. The topological polar surface area (TPSA) is 27.7 Å². The first-order chi connectivity index (χ1) is 19.8. The van der Waals surface area contributed by atoms with Crippen LogP contribution in [0.5, 0.6) is 11.5 Å². The molecule has 2 unspecified atom stereocenters. The van der Waals surface area contributed by atoms with Gasteiger partial charge in [-0.05, 0) is 49.9 Å². The molecule has 0 N–H and O–H groups in total. The van der Waals surface area contributed by atoms with Crippen molar-refractivity contribution < 1.29 is 14.2 Å². The van der Waals surface area contributed by atoms with Crippen LogP contribution in [0.25, 0.3) is 0 Å². The predicted molar refractivity (Wildman–Crippen MR) is 170 cm³/mol. The fourth-order valence-corrected chi connectivity index (χ4v) is 5.99. The number of rotatable bonds is 14. The van der Waals surface area contributed by atoms with E-state index < -0.39 is 11.2 Å². The second kappa shape index (κ2) is 14.3. The zero-order valence-electron chi connectivity index (χ0n) is 24.5. The molecule has 0 saturated heterocycles. The Labute approximate surface area is 255 Å². The Bertz CT molecular complexity index is 1290. The van der Waals surface area contributed by atoms with E-state index in [0.717, 1.165) is 47.9 Å². The maximum atomic E-state index is 7.30. The van der Waals surface area contributed by atoms with Crippen LogP contribution < -0.4 is 9.47 Å². The van der Waals surface area contributed by atoms with Crippen LogP contribution in [0.15, 0.2) is 97.1 Å². The van der Waals surface area contributed by atoms with Crippen LogP contribution in [-0.4, -0.2) is 0 Å². The maximum Gasteiger partial charge on any atom is 0.144 e. The Morgan fingerprint density at radius 1 is 0.537 bits per heavy atom. The van der Waals surface area contributed by atoms with Gasteiger partial charge in [0.15, 0.2) is 0 Å². The molecular weight excluding hydrogens is 551 g/mol. The van der Waals surface area contributed by atoms with E-state index in [0.29, 0.717) is 34.8 Å². The summed E-state index contributed by atoms with van der Waals surface area (Å²) in [5.74, 6) is 1.30. The van der Waals surface area contributed by atoms with Crippen molar-refractivity contribution in [2.75, 3.05) is 0 Å². The van der Waals surface area contributed by atoms with Crippen molar-refractivity contribution in [3.05, 3.63) is 129 Å². The minimum atomic E-state index is -0.700. The van der Waals surface area contributed by atoms with Crippen molar-refractivity contribution in [3.8, 4) is 11.5 Å². The molecule has 0 radical (unpaired) electrons. The average Bonchev–Trinajstić information content (AvgIpc) is 2.97. The lowest BCUT2D eigenvalue weighted by Gasteiger charge is -2.42. The van der Waals surface area contributed by atoms with E-state index in [1.54, 1.807) is 0 Å². The fourth-order valence-electron chi connectivity index (χ4n) is 5.54. The standard InChI is InChI=1S/C36H40Cl2O3/c1-5-23-35(3,29-19-13-21-31(37)33(29)39-25-27-15-9-7-10-16-27)41-36(4,24-6-2)30-20-14-22-32(38)34(30)40-26-28-17-11-8-12-18-28/h7-22H,5-6,23-26H2,1-4H3. The first-order valence-electron chi connectivity index (χ1n) is 14.4. The molecule has 0 heterocycles. The van der Waals surface area contributed by atoms with E-state index in [9.17, 15) is 0 Å². The van der Waals surface area contributed by atoms with Gasteiger partial charge in [-0.1, -0.05) is 135 Å². The molecule has 0 bridgehead atoms. The molecule has 0 spiro atoms. The molecule has 4 rings (SSSR count). The number of benzene rings is 4. The third-order valence-electron chi connectivity index (χ3n) is 7.43. The third-order valence-corrected chi connectivity index (χ3v) is 8.03. The SMILES string of the molecule is CCCC(C)(OC(C)(CCC)c1cccc(Cl)c1OCc1ccccc1)c1cccc(Cl)c1OCc1ccccc1. The largest absolute Gasteiger partial charge is 0.487 e. The first-order valence-corrected chi connectivity index (χ1v) is 15.2. The van der Waals surface area contributed by atoms with E-state index in [1.807, 2.05) is 84.9 Å². The Balaban J connectivity index is 1.73. The van der Waals surface area contributed by atoms with E-state index in [2.05, 4.69) is 39.8 Å². The van der Waals surface area contributed by atoms with Crippen LogP contribution in [-0.2, 0) is 29.2 Å². The van der Waals surface area contributed by atoms with Gasteiger partial charge in [0, 0.05) is 11.1 Å². The minimum Gasteiger partial charge on any atom is -0.487 e. The summed E-state index contributed by atoms with van der Waals surface area (Å²) in [4.78, 5) is 0. The molecule has 4 aromatic carbocycles. The van der Waals surface area contributed by atoms with Crippen molar-refractivity contribution >= 4 is 23.2 Å². The highest BCUT2D eigenvalue weighted by Gasteiger charge is 2.41. The summed E-state index contributed by atoms with van der Waals surface area (Å²) in [5, 5.41) is 1.13. The molecule has 41 heavy (non-hydrogen) atoms. The number of ether oxygens (including phenoxy) is 3. The Morgan fingerprint density at radius 2 is 0.927 bits per heavy atom. The monoisotopic (exact) mass is 590 g/mol. The minimum absolute atomic E-state index is 0.414. The summed E-state index contributed by atoms with van der Waals surface area (Å²) >= 11 is 13.6. The number of halogens is 2. The highest BCUT2D eigenvalue weighted by atomic mass is 35.5. The maximum absolute atomic E-state index is 7.30. The summed E-state index contributed by atoms with van der Waals surface area (Å²) in [6, 6.07) is 32.0. The summed E-state index contributed by atoms with van der Waals surface area (Å²) < 4.78 is 20.1. The van der Waals surface area contributed by atoms with Gasteiger partial charge < -0.3 is 14.2 Å². The van der Waals surface area contributed by atoms with Crippen LogP contribution in [0.3, 0.4) is 0 Å². The smallest absolute Gasteiger partial charge is 0.144 e. The van der Waals surface area contributed by atoms with E-state index in [4.69, 9.17) is 37.4 Å². The van der Waals surface area contributed by atoms with Gasteiger partial charge in [-0.15, -0.1) is 0 Å².